The summed E-state index contributed by atoms with van der Waals surface area (Å²) in [6.45, 7) is 4.35. The minimum Gasteiger partial charge on any atom is -0.270 e. The van der Waals surface area contributed by atoms with Crippen LogP contribution in [-0.2, 0) is 6.42 Å². The molecule has 0 radical (unpaired) electrons. The average molecular weight is 285 g/mol. The fourth-order valence-electron chi connectivity index (χ4n) is 2.48. The van der Waals surface area contributed by atoms with Crippen LogP contribution in [0, 0.1) is 5.92 Å². The highest BCUT2D eigenvalue weighted by Gasteiger charge is 2.20. The Labute approximate surface area is 107 Å². The minimum atomic E-state index is 0.476. The van der Waals surface area contributed by atoms with E-state index in [1.807, 2.05) is 0 Å². The summed E-state index contributed by atoms with van der Waals surface area (Å²) in [5.74, 6) is 0.827. The molecule has 2 atom stereocenters. The van der Waals surface area contributed by atoms with Gasteiger partial charge >= 0.3 is 0 Å². The highest BCUT2D eigenvalue weighted by Crippen LogP contribution is 2.30. The molecule has 0 N–H and O–H groups in total. The first-order valence-corrected chi connectivity index (χ1v) is 7.25. The first-order valence-electron chi connectivity index (χ1n) is 6.33. The van der Waals surface area contributed by atoms with E-state index in [4.69, 9.17) is 0 Å². The molecular formula is C13H21BrN2. The number of aromatic nitrogens is 2. The zero-order valence-electron chi connectivity index (χ0n) is 10.2. The van der Waals surface area contributed by atoms with Gasteiger partial charge in [-0.15, -0.1) is 0 Å². The molecule has 1 fully saturated rings. The second-order valence-electron chi connectivity index (χ2n) is 5.21. The monoisotopic (exact) mass is 284 g/mol. The fourth-order valence-corrected chi connectivity index (χ4v) is 3.33. The van der Waals surface area contributed by atoms with Crippen LogP contribution in [0.2, 0.25) is 0 Å². The van der Waals surface area contributed by atoms with Crippen LogP contribution < -0.4 is 0 Å². The van der Waals surface area contributed by atoms with E-state index in [9.17, 15) is 0 Å². The van der Waals surface area contributed by atoms with Crippen LogP contribution in [0.15, 0.2) is 12.3 Å². The van der Waals surface area contributed by atoms with E-state index in [1.165, 1.54) is 31.4 Å². The number of rotatable bonds is 3. The molecule has 1 aromatic heterocycles. The first-order chi connectivity index (χ1) is 7.65. The molecule has 0 saturated heterocycles. The Bertz CT molecular complexity index is 332. The van der Waals surface area contributed by atoms with E-state index in [0.717, 1.165) is 17.2 Å². The molecule has 1 saturated carbocycles. The summed E-state index contributed by atoms with van der Waals surface area (Å²) >= 11 is 3.74. The summed E-state index contributed by atoms with van der Waals surface area (Å²) in [7, 11) is 0. The Morgan fingerprint density at radius 2 is 2.31 bits per heavy atom. The van der Waals surface area contributed by atoms with Crippen LogP contribution in [0.1, 0.15) is 51.3 Å². The molecule has 1 aliphatic carbocycles. The van der Waals surface area contributed by atoms with Gasteiger partial charge < -0.3 is 0 Å². The zero-order chi connectivity index (χ0) is 11.5. The maximum atomic E-state index is 4.63. The lowest BCUT2D eigenvalue weighted by atomic mass is 9.86. The topological polar surface area (TPSA) is 17.8 Å². The summed E-state index contributed by atoms with van der Waals surface area (Å²) in [6.07, 6.45) is 8.66. The largest absolute Gasteiger partial charge is 0.270 e. The summed E-state index contributed by atoms with van der Waals surface area (Å²) in [4.78, 5) is 0.735. The predicted octanol–water partition coefficient (Wildman–Crippen LogP) is 3.96. The second kappa shape index (κ2) is 5.35. The average Bonchev–Trinajstić information content (AvgIpc) is 2.66. The maximum absolute atomic E-state index is 4.63. The third kappa shape index (κ3) is 3.09. The Hall–Kier alpha value is -0.310. The molecule has 0 bridgehead atoms. The summed E-state index contributed by atoms with van der Waals surface area (Å²) < 4.78 is 2.06. The van der Waals surface area contributed by atoms with E-state index in [-0.39, 0.29) is 0 Å². The van der Waals surface area contributed by atoms with Crippen molar-refractivity contribution in [1.82, 2.24) is 9.78 Å². The number of hydrogen-bond donors (Lipinski definition) is 0. The molecular weight excluding hydrogens is 264 g/mol. The SMILES string of the molecule is CC(C)n1ccc(CC2CCCC(Br)C2)n1. The minimum absolute atomic E-state index is 0.476. The number of alkyl halides is 1. The van der Waals surface area contributed by atoms with Crippen molar-refractivity contribution < 1.29 is 0 Å². The fraction of sp³-hybridized carbons (Fsp3) is 0.769. The summed E-state index contributed by atoms with van der Waals surface area (Å²) in [6, 6.07) is 2.65. The molecule has 3 heteroatoms. The highest BCUT2D eigenvalue weighted by molar-refractivity contribution is 9.09. The van der Waals surface area contributed by atoms with Gasteiger partial charge in [0.15, 0.2) is 0 Å². The van der Waals surface area contributed by atoms with Gasteiger partial charge in [-0.05, 0) is 51.5 Å². The Morgan fingerprint density at radius 1 is 1.50 bits per heavy atom. The maximum Gasteiger partial charge on any atom is 0.0627 e. The van der Waals surface area contributed by atoms with Crippen molar-refractivity contribution >= 4 is 15.9 Å². The summed E-state index contributed by atoms with van der Waals surface area (Å²) in [5, 5.41) is 4.63. The van der Waals surface area contributed by atoms with Crippen molar-refractivity contribution in [2.24, 2.45) is 5.92 Å². The van der Waals surface area contributed by atoms with Crippen LogP contribution in [0.4, 0.5) is 0 Å². The number of nitrogens with zero attached hydrogens (tertiary/aromatic N) is 2. The molecule has 2 unspecified atom stereocenters. The molecule has 90 valence electrons. The van der Waals surface area contributed by atoms with Crippen molar-refractivity contribution in [3.05, 3.63) is 18.0 Å². The molecule has 1 aliphatic rings. The third-order valence-corrected chi connectivity index (χ3v) is 4.24. The Kier molecular flexibility index (Phi) is 4.06. The predicted molar refractivity (Wildman–Crippen MR) is 71.0 cm³/mol. The lowest BCUT2D eigenvalue weighted by molar-refractivity contribution is 0.363. The zero-order valence-corrected chi connectivity index (χ0v) is 11.8. The molecule has 0 amide bonds. The lowest BCUT2D eigenvalue weighted by Crippen LogP contribution is -2.17. The number of hydrogen-bond acceptors (Lipinski definition) is 1. The molecule has 0 spiro atoms. The Morgan fingerprint density at radius 3 is 2.94 bits per heavy atom. The van der Waals surface area contributed by atoms with Crippen LogP contribution in [-0.4, -0.2) is 14.6 Å². The standard InChI is InChI=1S/C13H21BrN2/c1-10(2)16-7-6-13(15-16)9-11-4-3-5-12(14)8-11/h6-7,10-12H,3-5,8-9H2,1-2H3. The lowest BCUT2D eigenvalue weighted by Gasteiger charge is -2.24. The van der Waals surface area contributed by atoms with Crippen LogP contribution in [0.5, 0.6) is 0 Å². The van der Waals surface area contributed by atoms with Gasteiger partial charge in [-0.25, -0.2) is 0 Å². The van der Waals surface area contributed by atoms with Gasteiger partial charge in [-0.3, -0.25) is 4.68 Å². The third-order valence-electron chi connectivity index (χ3n) is 3.41. The molecule has 0 aromatic carbocycles. The smallest absolute Gasteiger partial charge is 0.0627 e. The van der Waals surface area contributed by atoms with Crippen molar-refractivity contribution in [2.45, 2.75) is 56.8 Å². The van der Waals surface area contributed by atoms with Crippen molar-refractivity contribution in [2.75, 3.05) is 0 Å². The van der Waals surface area contributed by atoms with E-state index in [0.29, 0.717) is 6.04 Å². The van der Waals surface area contributed by atoms with E-state index in [2.05, 4.69) is 51.8 Å². The van der Waals surface area contributed by atoms with Crippen LogP contribution in [0.3, 0.4) is 0 Å². The van der Waals surface area contributed by atoms with E-state index in [1.54, 1.807) is 0 Å². The van der Waals surface area contributed by atoms with Crippen molar-refractivity contribution in [3.8, 4) is 0 Å². The Balaban J connectivity index is 1.92. The quantitative estimate of drug-likeness (QED) is 0.769. The van der Waals surface area contributed by atoms with Gasteiger partial charge in [0.25, 0.3) is 0 Å². The van der Waals surface area contributed by atoms with Gasteiger partial charge in [0.1, 0.15) is 0 Å². The van der Waals surface area contributed by atoms with E-state index < -0.39 is 0 Å². The number of halogens is 1. The second-order valence-corrected chi connectivity index (χ2v) is 6.51. The van der Waals surface area contributed by atoms with Gasteiger partial charge in [0.05, 0.1) is 5.69 Å². The molecule has 2 rings (SSSR count). The summed E-state index contributed by atoms with van der Waals surface area (Å²) in [5.41, 5.74) is 1.26. The van der Waals surface area contributed by atoms with Gasteiger partial charge in [0.2, 0.25) is 0 Å². The van der Waals surface area contributed by atoms with Gasteiger partial charge in [0, 0.05) is 17.1 Å². The molecule has 16 heavy (non-hydrogen) atoms. The van der Waals surface area contributed by atoms with Crippen LogP contribution in [0.25, 0.3) is 0 Å². The van der Waals surface area contributed by atoms with Crippen molar-refractivity contribution in [1.29, 1.82) is 0 Å². The van der Waals surface area contributed by atoms with Crippen LogP contribution >= 0.6 is 15.9 Å². The molecule has 0 aliphatic heterocycles. The molecule has 1 aromatic rings. The molecule has 1 heterocycles. The molecule has 2 nitrogen and oxygen atoms in total. The van der Waals surface area contributed by atoms with Gasteiger partial charge in [-0.2, -0.15) is 5.10 Å². The van der Waals surface area contributed by atoms with Crippen molar-refractivity contribution in [3.63, 3.8) is 0 Å². The highest BCUT2D eigenvalue weighted by atomic mass is 79.9. The first kappa shape index (κ1) is 12.2. The van der Waals surface area contributed by atoms with E-state index >= 15 is 0 Å². The normalized spacial score (nSPS) is 26.2. The van der Waals surface area contributed by atoms with Gasteiger partial charge in [-0.1, -0.05) is 22.4 Å².